The van der Waals surface area contributed by atoms with Gasteiger partial charge in [0.15, 0.2) is 0 Å². The van der Waals surface area contributed by atoms with E-state index in [4.69, 9.17) is 16.3 Å². The van der Waals surface area contributed by atoms with Crippen molar-refractivity contribution in [3.8, 4) is 0 Å². The molecule has 2 atom stereocenters. The maximum absolute atomic E-state index is 11.9. The highest BCUT2D eigenvalue weighted by atomic mass is 35.5. The Kier molecular flexibility index (Phi) is 5.21. The second-order valence-electron chi connectivity index (χ2n) is 6.23. The number of carbonyl (C=O) groups excluding carboxylic acids is 1. The predicted molar refractivity (Wildman–Crippen MR) is 88.4 cm³/mol. The Morgan fingerprint density at radius 1 is 1.18 bits per heavy atom. The van der Waals surface area contributed by atoms with Crippen molar-refractivity contribution in [3.63, 3.8) is 0 Å². The average Bonchev–Trinajstić information content (AvgIpc) is 2.55. The van der Waals surface area contributed by atoms with E-state index in [2.05, 4.69) is 10.2 Å². The summed E-state index contributed by atoms with van der Waals surface area (Å²) >= 11 is 5.83. The molecule has 1 N–H and O–H groups in total. The van der Waals surface area contributed by atoms with Gasteiger partial charge in [0, 0.05) is 22.7 Å². The van der Waals surface area contributed by atoms with E-state index in [0.717, 1.165) is 6.42 Å². The third kappa shape index (κ3) is 3.93. The molecule has 2 aliphatic heterocycles. The fourth-order valence-corrected chi connectivity index (χ4v) is 3.77. The van der Waals surface area contributed by atoms with Crippen LogP contribution in [0.5, 0.6) is 0 Å². The monoisotopic (exact) mass is 322 g/mol. The van der Waals surface area contributed by atoms with Gasteiger partial charge >= 0.3 is 6.09 Å². The fraction of sp³-hybridized carbons (Fsp3) is 0.588. The first-order valence-corrected chi connectivity index (χ1v) is 8.53. The van der Waals surface area contributed by atoms with Crippen LogP contribution < -0.4 is 5.32 Å². The summed E-state index contributed by atoms with van der Waals surface area (Å²) in [6.45, 7) is 2.93. The first-order chi connectivity index (χ1) is 10.7. The fourth-order valence-electron chi connectivity index (χ4n) is 3.64. The summed E-state index contributed by atoms with van der Waals surface area (Å²) in [6, 6.07) is 7.64. The summed E-state index contributed by atoms with van der Waals surface area (Å²) in [4.78, 5) is 14.5. The van der Waals surface area contributed by atoms with Gasteiger partial charge in [0.25, 0.3) is 0 Å². The highest BCUT2D eigenvalue weighted by Crippen LogP contribution is 2.31. The van der Waals surface area contributed by atoms with Gasteiger partial charge in [0.2, 0.25) is 0 Å². The van der Waals surface area contributed by atoms with Crippen LogP contribution in [0.2, 0.25) is 5.02 Å². The molecule has 0 aromatic heterocycles. The van der Waals surface area contributed by atoms with Gasteiger partial charge in [-0.05, 0) is 63.0 Å². The van der Waals surface area contributed by atoms with E-state index in [1.165, 1.54) is 38.8 Å². The number of anilines is 1. The molecule has 2 aliphatic rings. The van der Waals surface area contributed by atoms with Gasteiger partial charge in [0.05, 0.1) is 6.61 Å². The van der Waals surface area contributed by atoms with Gasteiger partial charge < -0.3 is 4.74 Å². The lowest BCUT2D eigenvalue weighted by Gasteiger charge is -2.44. The molecule has 0 spiro atoms. The van der Waals surface area contributed by atoms with Crippen molar-refractivity contribution in [2.75, 3.05) is 25.0 Å². The third-order valence-corrected chi connectivity index (χ3v) is 5.00. The normalized spacial score (nSPS) is 25.3. The average molecular weight is 323 g/mol. The topological polar surface area (TPSA) is 41.6 Å². The molecule has 22 heavy (non-hydrogen) atoms. The van der Waals surface area contributed by atoms with Crippen molar-refractivity contribution in [1.29, 1.82) is 0 Å². The summed E-state index contributed by atoms with van der Waals surface area (Å²) < 4.78 is 5.45. The van der Waals surface area contributed by atoms with Crippen LogP contribution >= 0.6 is 11.6 Å². The van der Waals surface area contributed by atoms with Crippen molar-refractivity contribution >= 4 is 23.4 Å². The summed E-state index contributed by atoms with van der Waals surface area (Å²) in [5.41, 5.74) is 0.706. The third-order valence-electron chi connectivity index (χ3n) is 4.75. The van der Waals surface area contributed by atoms with E-state index in [1.54, 1.807) is 24.3 Å². The lowest BCUT2D eigenvalue weighted by molar-refractivity contribution is 0.0261. The number of fused-ring (bicyclic) bond motifs is 1. The number of ether oxygens (including phenoxy) is 1. The molecule has 1 amide bonds. The minimum atomic E-state index is -0.379. The molecular weight excluding hydrogens is 300 g/mol. The van der Waals surface area contributed by atoms with Gasteiger partial charge in [0.1, 0.15) is 0 Å². The van der Waals surface area contributed by atoms with Gasteiger partial charge in [-0.25, -0.2) is 4.79 Å². The number of hydrogen-bond donors (Lipinski definition) is 1. The second-order valence-corrected chi connectivity index (χ2v) is 6.67. The molecule has 5 heteroatoms. The Hall–Kier alpha value is -1.26. The number of nitrogens with zero attached hydrogens (tertiary/aromatic N) is 1. The smallest absolute Gasteiger partial charge is 0.411 e. The van der Waals surface area contributed by atoms with E-state index in [9.17, 15) is 4.79 Å². The van der Waals surface area contributed by atoms with Gasteiger partial charge in [-0.2, -0.15) is 0 Å². The number of carbonyl (C=O) groups is 1. The zero-order valence-corrected chi connectivity index (χ0v) is 13.5. The zero-order chi connectivity index (χ0) is 15.4. The van der Waals surface area contributed by atoms with Crippen LogP contribution in [0.4, 0.5) is 10.5 Å². The van der Waals surface area contributed by atoms with E-state index in [1.807, 2.05) is 0 Å². The lowest BCUT2D eigenvalue weighted by Crippen LogP contribution is -2.49. The number of hydrogen-bond acceptors (Lipinski definition) is 3. The summed E-state index contributed by atoms with van der Waals surface area (Å²) in [5, 5.41) is 3.40. The molecule has 0 radical (unpaired) electrons. The number of nitrogens with one attached hydrogen (secondary N) is 1. The Morgan fingerprint density at radius 3 is 2.77 bits per heavy atom. The van der Waals surface area contributed by atoms with Crippen LogP contribution in [0.25, 0.3) is 0 Å². The number of piperidine rings is 2. The molecule has 0 unspecified atom stereocenters. The second kappa shape index (κ2) is 7.34. The first-order valence-electron chi connectivity index (χ1n) is 8.16. The van der Waals surface area contributed by atoms with Crippen LogP contribution in [0.3, 0.4) is 0 Å². The van der Waals surface area contributed by atoms with Gasteiger partial charge in [-0.15, -0.1) is 0 Å². The minimum absolute atomic E-state index is 0.379. The number of halogens is 1. The molecular formula is C17H23ClN2O2. The minimum Gasteiger partial charge on any atom is -0.449 e. The SMILES string of the molecule is O=C(Nc1ccc(Cl)cc1)OC[C@H]1CCCN2CCCC[C@H]12. The standard InChI is InChI=1S/C17H23ClN2O2/c18-14-6-8-15(9-7-14)19-17(21)22-12-13-4-3-11-20-10-2-1-5-16(13)20/h6-9,13,16H,1-5,10-12H2,(H,19,21)/t13-,16-/m1/s1. The van der Waals surface area contributed by atoms with Crippen molar-refractivity contribution in [3.05, 3.63) is 29.3 Å². The molecule has 1 aromatic rings. The molecule has 3 rings (SSSR count). The summed E-state index contributed by atoms with van der Waals surface area (Å²) in [5.74, 6) is 0.477. The highest BCUT2D eigenvalue weighted by molar-refractivity contribution is 6.30. The van der Waals surface area contributed by atoms with Gasteiger partial charge in [-0.3, -0.25) is 10.2 Å². The number of rotatable bonds is 3. The largest absolute Gasteiger partial charge is 0.449 e. The summed E-state index contributed by atoms with van der Waals surface area (Å²) in [6.07, 6.45) is 5.84. The van der Waals surface area contributed by atoms with Crippen molar-refractivity contribution < 1.29 is 9.53 Å². The van der Waals surface area contributed by atoms with E-state index < -0.39 is 0 Å². The van der Waals surface area contributed by atoms with Gasteiger partial charge in [-0.1, -0.05) is 18.0 Å². The maximum Gasteiger partial charge on any atom is 0.411 e. The molecule has 2 heterocycles. The molecule has 120 valence electrons. The number of benzene rings is 1. The molecule has 0 aliphatic carbocycles. The van der Waals surface area contributed by atoms with Crippen LogP contribution in [-0.4, -0.2) is 36.7 Å². The Labute approximate surface area is 136 Å². The first kappa shape index (κ1) is 15.6. The molecule has 4 nitrogen and oxygen atoms in total. The van der Waals surface area contributed by atoms with Crippen molar-refractivity contribution in [2.24, 2.45) is 5.92 Å². The highest BCUT2D eigenvalue weighted by Gasteiger charge is 2.33. The lowest BCUT2D eigenvalue weighted by atomic mass is 9.84. The van der Waals surface area contributed by atoms with Crippen molar-refractivity contribution in [2.45, 2.75) is 38.1 Å². The van der Waals surface area contributed by atoms with E-state index >= 15 is 0 Å². The van der Waals surface area contributed by atoms with E-state index in [0.29, 0.717) is 29.3 Å². The van der Waals surface area contributed by atoms with Crippen LogP contribution in [0, 0.1) is 5.92 Å². The molecule has 0 saturated carbocycles. The van der Waals surface area contributed by atoms with Crippen LogP contribution in [0.15, 0.2) is 24.3 Å². The number of amides is 1. The molecule has 1 aromatic carbocycles. The van der Waals surface area contributed by atoms with Crippen LogP contribution in [-0.2, 0) is 4.74 Å². The quantitative estimate of drug-likeness (QED) is 0.908. The Bertz CT molecular complexity index is 504. The zero-order valence-electron chi connectivity index (χ0n) is 12.8. The molecule has 0 bridgehead atoms. The summed E-state index contributed by atoms with van der Waals surface area (Å²) in [7, 11) is 0. The Morgan fingerprint density at radius 2 is 1.95 bits per heavy atom. The van der Waals surface area contributed by atoms with Crippen molar-refractivity contribution in [1.82, 2.24) is 4.90 Å². The maximum atomic E-state index is 11.9. The predicted octanol–water partition coefficient (Wildman–Crippen LogP) is 4.15. The Balaban J connectivity index is 1.48. The molecule has 2 fully saturated rings. The van der Waals surface area contributed by atoms with E-state index in [-0.39, 0.29) is 6.09 Å². The van der Waals surface area contributed by atoms with Crippen LogP contribution in [0.1, 0.15) is 32.1 Å². The molecule has 2 saturated heterocycles.